The average molecular weight is 380 g/mol. The van der Waals surface area contributed by atoms with Crippen molar-refractivity contribution in [1.82, 2.24) is 9.21 Å². The van der Waals surface area contributed by atoms with E-state index in [2.05, 4.69) is 0 Å². The fourth-order valence-electron chi connectivity index (χ4n) is 4.95. The zero-order valence-corrected chi connectivity index (χ0v) is 15.6. The summed E-state index contributed by atoms with van der Waals surface area (Å²) in [5.41, 5.74) is 0. The molecule has 4 rings (SSSR count). The summed E-state index contributed by atoms with van der Waals surface area (Å²) in [5, 5.41) is 0. The summed E-state index contributed by atoms with van der Waals surface area (Å²) >= 11 is 0. The number of nitrogens with zero attached hydrogens (tertiary/aromatic N) is 2. The van der Waals surface area contributed by atoms with Crippen LogP contribution in [0, 0.1) is 23.6 Å². The molecule has 26 heavy (non-hydrogen) atoms. The standard InChI is InChI=1S/C19H25FN2O3S/c20-17-3-1-2-4-18(17)26(24,25)22-9-7-21(8-10-22)19(23)13-16-12-14-5-6-15(16)11-14/h1-4,14-16H,5-13H2/t14-,15+,16+/m0/s1. The fraction of sp³-hybridized carbons (Fsp3) is 0.632. The zero-order chi connectivity index (χ0) is 18.3. The summed E-state index contributed by atoms with van der Waals surface area (Å²) in [6.45, 7) is 1.21. The molecule has 142 valence electrons. The number of halogens is 1. The summed E-state index contributed by atoms with van der Waals surface area (Å²) in [4.78, 5) is 14.1. The number of carbonyl (C=O) groups is 1. The Balaban J connectivity index is 1.35. The van der Waals surface area contributed by atoms with Crippen molar-refractivity contribution in [3.63, 3.8) is 0 Å². The molecule has 2 aliphatic carbocycles. The molecule has 3 atom stereocenters. The molecule has 1 aromatic carbocycles. The zero-order valence-electron chi connectivity index (χ0n) is 14.8. The molecule has 0 N–H and O–H groups in total. The third-order valence-electron chi connectivity index (χ3n) is 6.37. The van der Waals surface area contributed by atoms with Crippen LogP contribution >= 0.6 is 0 Å². The third-order valence-corrected chi connectivity index (χ3v) is 8.30. The fourth-order valence-corrected chi connectivity index (χ4v) is 6.44. The first-order valence-corrected chi connectivity index (χ1v) is 10.9. The molecular formula is C19H25FN2O3S. The Hall–Kier alpha value is -1.47. The van der Waals surface area contributed by atoms with Gasteiger partial charge in [0.15, 0.2) is 0 Å². The Morgan fingerprint density at radius 2 is 1.81 bits per heavy atom. The van der Waals surface area contributed by atoms with Crippen LogP contribution in [0.3, 0.4) is 0 Å². The van der Waals surface area contributed by atoms with E-state index in [0.717, 1.165) is 12.0 Å². The van der Waals surface area contributed by atoms with Gasteiger partial charge >= 0.3 is 0 Å². The van der Waals surface area contributed by atoms with E-state index in [9.17, 15) is 17.6 Å². The molecule has 1 aromatic rings. The number of hydrogen-bond donors (Lipinski definition) is 0. The van der Waals surface area contributed by atoms with Gasteiger partial charge in [-0.05, 0) is 49.1 Å². The molecule has 7 heteroatoms. The summed E-state index contributed by atoms with van der Waals surface area (Å²) in [7, 11) is -3.85. The summed E-state index contributed by atoms with van der Waals surface area (Å²) in [6, 6.07) is 5.44. The molecule has 1 amide bonds. The van der Waals surface area contributed by atoms with Gasteiger partial charge in [-0.15, -0.1) is 0 Å². The smallest absolute Gasteiger partial charge is 0.246 e. The van der Waals surface area contributed by atoms with Crippen LogP contribution in [0.5, 0.6) is 0 Å². The number of sulfonamides is 1. The highest BCUT2D eigenvalue weighted by molar-refractivity contribution is 7.89. The van der Waals surface area contributed by atoms with E-state index >= 15 is 0 Å². The molecule has 1 saturated heterocycles. The number of rotatable bonds is 4. The lowest BCUT2D eigenvalue weighted by atomic mass is 9.86. The molecule has 3 fully saturated rings. The van der Waals surface area contributed by atoms with Gasteiger partial charge in [0.2, 0.25) is 15.9 Å². The molecule has 1 heterocycles. The van der Waals surface area contributed by atoms with Gasteiger partial charge in [-0.25, -0.2) is 12.8 Å². The van der Waals surface area contributed by atoms with Gasteiger partial charge in [0, 0.05) is 32.6 Å². The second-order valence-corrected chi connectivity index (χ2v) is 9.76. The van der Waals surface area contributed by atoms with Gasteiger partial charge in [0.25, 0.3) is 0 Å². The Labute approximate surface area is 154 Å². The van der Waals surface area contributed by atoms with Gasteiger partial charge in [-0.3, -0.25) is 4.79 Å². The highest BCUT2D eigenvalue weighted by Gasteiger charge is 2.41. The van der Waals surface area contributed by atoms with E-state index in [1.165, 1.54) is 48.2 Å². The van der Waals surface area contributed by atoms with Crippen molar-refractivity contribution in [3.05, 3.63) is 30.1 Å². The lowest BCUT2D eigenvalue weighted by Crippen LogP contribution is -2.50. The Bertz CT molecular complexity index is 790. The highest BCUT2D eigenvalue weighted by atomic mass is 32.2. The number of piperazine rings is 1. The van der Waals surface area contributed by atoms with Crippen LogP contribution in [0.25, 0.3) is 0 Å². The van der Waals surface area contributed by atoms with Crippen molar-refractivity contribution in [2.75, 3.05) is 26.2 Å². The minimum absolute atomic E-state index is 0.144. The topological polar surface area (TPSA) is 57.7 Å². The van der Waals surface area contributed by atoms with Crippen molar-refractivity contribution >= 4 is 15.9 Å². The number of benzene rings is 1. The normalized spacial score (nSPS) is 29.3. The maximum absolute atomic E-state index is 13.9. The minimum Gasteiger partial charge on any atom is -0.340 e. The SMILES string of the molecule is O=C(C[C@H]1C[C@H]2CC[C@@H]1C2)N1CCN(S(=O)(=O)c2ccccc2F)CC1. The van der Waals surface area contributed by atoms with Crippen LogP contribution in [0.15, 0.2) is 29.2 Å². The maximum atomic E-state index is 13.9. The monoisotopic (exact) mass is 380 g/mol. The van der Waals surface area contributed by atoms with Crippen molar-refractivity contribution in [2.45, 2.75) is 37.0 Å². The van der Waals surface area contributed by atoms with Crippen molar-refractivity contribution in [3.8, 4) is 0 Å². The number of carbonyl (C=O) groups excluding carboxylic acids is 1. The van der Waals surface area contributed by atoms with Crippen LogP contribution in [-0.2, 0) is 14.8 Å². The Morgan fingerprint density at radius 3 is 2.42 bits per heavy atom. The second kappa shape index (κ2) is 6.93. The van der Waals surface area contributed by atoms with Gasteiger partial charge < -0.3 is 4.90 Å². The van der Waals surface area contributed by atoms with Gasteiger partial charge in [-0.2, -0.15) is 4.31 Å². The molecule has 2 bridgehead atoms. The molecule has 2 saturated carbocycles. The Morgan fingerprint density at radius 1 is 1.08 bits per heavy atom. The molecule has 1 aliphatic heterocycles. The third kappa shape index (κ3) is 3.27. The van der Waals surface area contributed by atoms with E-state index in [1.807, 2.05) is 0 Å². The van der Waals surface area contributed by atoms with Gasteiger partial charge in [0.1, 0.15) is 10.7 Å². The van der Waals surface area contributed by atoms with Crippen molar-refractivity contribution in [2.24, 2.45) is 17.8 Å². The molecule has 3 aliphatic rings. The van der Waals surface area contributed by atoms with Gasteiger partial charge in [0.05, 0.1) is 0 Å². The number of amides is 1. The number of fused-ring (bicyclic) bond motifs is 2. The van der Waals surface area contributed by atoms with Crippen LogP contribution in [0.1, 0.15) is 32.1 Å². The second-order valence-electron chi connectivity index (χ2n) is 7.85. The van der Waals surface area contributed by atoms with Crippen LogP contribution in [-0.4, -0.2) is 49.7 Å². The molecular weight excluding hydrogens is 355 g/mol. The largest absolute Gasteiger partial charge is 0.340 e. The highest BCUT2D eigenvalue weighted by Crippen LogP contribution is 2.49. The molecule has 0 radical (unpaired) electrons. The summed E-state index contributed by atoms with van der Waals surface area (Å²) < 4.78 is 40.4. The van der Waals surface area contributed by atoms with E-state index in [4.69, 9.17) is 0 Å². The lowest BCUT2D eigenvalue weighted by Gasteiger charge is -2.35. The number of hydrogen-bond acceptors (Lipinski definition) is 3. The first kappa shape index (κ1) is 17.9. The maximum Gasteiger partial charge on any atom is 0.246 e. The minimum atomic E-state index is -3.85. The molecule has 0 aromatic heterocycles. The lowest BCUT2D eigenvalue weighted by molar-refractivity contribution is -0.133. The Kier molecular flexibility index (Phi) is 4.77. The van der Waals surface area contributed by atoms with E-state index in [0.29, 0.717) is 31.3 Å². The first-order chi connectivity index (χ1) is 12.4. The molecule has 0 unspecified atom stereocenters. The predicted molar refractivity (Wildman–Crippen MR) is 95.3 cm³/mol. The summed E-state index contributed by atoms with van der Waals surface area (Å²) in [5.74, 6) is 1.46. The molecule has 0 spiro atoms. The molecule has 5 nitrogen and oxygen atoms in total. The average Bonchev–Trinajstić information content (AvgIpc) is 3.25. The van der Waals surface area contributed by atoms with Crippen LogP contribution < -0.4 is 0 Å². The van der Waals surface area contributed by atoms with E-state index < -0.39 is 15.8 Å². The quantitative estimate of drug-likeness (QED) is 0.806. The van der Waals surface area contributed by atoms with E-state index in [1.54, 1.807) is 4.90 Å². The van der Waals surface area contributed by atoms with Crippen molar-refractivity contribution in [1.29, 1.82) is 0 Å². The first-order valence-electron chi connectivity index (χ1n) is 9.47. The van der Waals surface area contributed by atoms with Gasteiger partial charge in [-0.1, -0.05) is 18.6 Å². The van der Waals surface area contributed by atoms with E-state index in [-0.39, 0.29) is 23.9 Å². The summed E-state index contributed by atoms with van der Waals surface area (Å²) in [6.07, 6.45) is 5.64. The van der Waals surface area contributed by atoms with Crippen LogP contribution in [0.4, 0.5) is 4.39 Å². The van der Waals surface area contributed by atoms with Crippen molar-refractivity contribution < 1.29 is 17.6 Å². The predicted octanol–water partition coefficient (Wildman–Crippen LogP) is 2.48. The van der Waals surface area contributed by atoms with Crippen LogP contribution in [0.2, 0.25) is 0 Å².